The zero-order valence-corrected chi connectivity index (χ0v) is 18.4. The number of anilines is 1. The summed E-state index contributed by atoms with van der Waals surface area (Å²) in [6, 6.07) is 6.33. The normalized spacial score (nSPS) is 39.0. The average Bonchev–Trinajstić information content (AvgIpc) is 3.03. The molecular weight excluding hydrogens is 411 g/mol. The summed E-state index contributed by atoms with van der Waals surface area (Å²) in [4.78, 5) is 13.3. The smallest absolute Gasteiger partial charge is 0.244 e. The van der Waals surface area contributed by atoms with Crippen LogP contribution < -0.4 is 21.3 Å². The summed E-state index contributed by atoms with van der Waals surface area (Å²) in [6.45, 7) is 2.95. The van der Waals surface area contributed by atoms with Gasteiger partial charge in [0.2, 0.25) is 5.91 Å². The number of allylic oxidation sites excluding steroid dienone is 1. The number of carbonyl (C=O) groups excluding carboxylic acids is 1. The number of piperidine rings is 1. The van der Waals surface area contributed by atoms with E-state index in [2.05, 4.69) is 32.4 Å². The number of aliphatic hydroxyl groups is 1. The molecule has 9 heteroatoms. The van der Waals surface area contributed by atoms with E-state index in [-0.39, 0.29) is 42.3 Å². The molecule has 0 radical (unpaired) electrons. The fourth-order valence-electron chi connectivity index (χ4n) is 5.48. The Morgan fingerprint density at radius 2 is 2.12 bits per heavy atom. The maximum absolute atomic E-state index is 13.6. The highest BCUT2D eigenvalue weighted by atomic mass is 19.1. The lowest BCUT2D eigenvalue weighted by atomic mass is 9.85. The van der Waals surface area contributed by atoms with Gasteiger partial charge in [-0.05, 0) is 57.2 Å². The number of amides is 1. The molecule has 4 aliphatic heterocycles. The predicted octanol–water partition coefficient (Wildman–Crippen LogP) is 1.28. The van der Waals surface area contributed by atoms with E-state index >= 15 is 0 Å². The van der Waals surface area contributed by atoms with E-state index in [4.69, 9.17) is 0 Å². The van der Waals surface area contributed by atoms with Gasteiger partial charge in [0.25, 0.3) is 0 Å². The number of nitrogens with one attached hydrogen (secondary N) is 4. The molecular formula is C23H33FN6O2. The number of carbonyl (C=O) groups is 1. The molecule has 3 saturated heterocycles. The number of halogens is 1. The molecule has 3 fully saturated rings. The van der Waals surface area contributed by atoms with Crippen molar-refractivity contribution >= 4 is 11.6 Å². The topological polar surface area (TPSA) is 91.9 Å². The Labute approximate surface area is 188 Å². The standard InChI is InChI=1S/C23H33FN6O2/c1-23(32)11-3-2-4-12-29-21(31)17-14-25-22(26-16-8-5-7-15(24)13-16)28-20(17)30(29)19-10-6-9-18(23)27-19/h2,4-5,7-8,13,17-20,22,25-28,32H,3,6,9-12,14H2,1H3/b4-2-. The molecule has 1 amide bonds. The fraction of sp³-hybridized carbons (Fsp3) is 0.609. The predicted molar refractivity (Wildman–Crippen MR) is 119 cm³/mol. The van der Waals surface area contributed by atoms with Crippen molar-refractivity contribution in [1.82, 2.24) is 26.0 Å². The van der Waals surface area contributed by atoms with Crippen molar-refractivity contribution in [2.45, 2.75) is 69.3 Å². The van der Waals surface area contributed by atoms with Gasteiger partial charge in [0.15, 0.2) is 0 Å². The Morgan fingerprint density at radius 3 is 2.97 bits per heavy atom. The molecule has 0 aliphatic carbocycles. The third-order valence-electron chi connectivity index (χ3n) is 7.23. The number of rotatable bonds is 2. The van der Waals surface area contributed by atoms with Crippen molar-refractivity contribution in [3.05, 3.63) is 42.2 Å². The summed E-state index contributed by atoms with van der Waals surface area (Å²) in [6.07, 6.45) is 7.83. The Kier molecular flexibility index (Phi) is 5.94. The lowest BCUT2D eigenvalue weighted by Crippen LogP contribution is -2.69. The zero-order valence-electron chi connectivity index (χ0n) is 18.4. The van der Waals surface area contributed by atoms with Crippen molar-refractivity contribution in [3.8, 4) is 0 Å². The van der Waals surface area contributed by atoms with Crippen molar-refractivity contribution in [2.24, 2.45) is 5.92 Å². The van der Waals surface area contributed by atoms with Crippen LogP contribution in [0, 0.1) is 11.7 Å². The highest BCUT2D eigenvalue weighted by Crippen LogP contribution is 2.34. The van der Waals surface area contributed by atoms with Gasteiger partial charge in [-0.25, -0.2) is 4.39 Å². The molecule has 32 heavy (non-hydrogen) atoms. The second-order valence-electron chi connectivity index (χ2n) is 9.55. The summed E-state index contributed by atoms with van der Waals surface area (Å²) in [7, 11) is 0. The van der Waals surface area contributed by atoms with Gasteiger partial charge in [-0.1, -0.05) is 18.2 Å². The molecule has 0 spiro atoms. The molecule has 174 valence electrons. The van der Waals surface area contributed by atoms with E-state index in [1.807, 2.05) is 24.1 Å². The van der Waals surface area contributed by atoms with Crippen molar-refractivity contribution in [1.29, 1.82) is 0 Å². The zero-order chi connectivity index (χ0) is 22.3. The van der Waals surface area contributed by atoms with E-state index < -0.39 is 5.60 Å². The molecule has 6 unspecified atom stereocenters. The molecule has 0 saturated carbocycles. The largest absolute Gasteiger partial charge is 0.389 e. The van der Waals surface area contributed by atoms with Crippen LogP contribution in [0.4, 0.5) is 10.1 Å². The van der Waals surface area contributed by atoms with Crippen LogP contribution >= 0.6 is 0 Å². The first-order valence-corrected chi connectivity index (χ1v) is 11.7. The molecule has 1 aromatic carbocycles. The summed E-state index contributed by atoms with van der Waals surface area (Å²) in [5.74, 6) is -0.423. The van der Waals surface area contributed by atoms with E-state index in [1.165, 1.54) is 12.1 Å². The minimum absolute atomic E-state index is 0.0216. The van der Waals surface area contributed by atoms with Crippen molar-refractivity contribution in [3.63, 3.8) is 0 Å². The first kappa shape index (κ1) is 21.8. The SMILES string of the molecule is CC1(O)CC/C=C\CN2C(=O)C3CNC(Nc4cccc(F)c4)NC3N2C2CCCC1N2. The third-order valence-corrected chi connectivity index (χ3v) is 7.23. The lowest BCUT2D eigenvalue weighted by molar-refractivity contribution is -0.146. The van der Waals surface area contributed by atoms with E-state index in [0.717, 1.165) is 25.7 Å². The lowest BCUT2D eigenvalue weighted by Gasteiger charge is -2.47. The first-order chi connectivity index (χ1) is 15.4. The Balaban J connectivity index is 1.40. The Bertz CT molecular complexity index is 880. The van der Waals surface area contributed by atoms with Gasteiger partial charge >= 0.3 is 0 Å². The average molecular weight is 445 g/mol. The van der Waals surface area contributed by atoms with Crippen LogP contribution in [0.25, 0.3) is 0 Å². The number of fused-ring (bicyclic) bond motifs is 6. The van der Waals surface area contributed by atoms with Crippen LogP contribution in [-0.4, -0.2) is 64.4 Å². The van der Waals surface area contributed by atoms with Gasteiger partial charge in [0, 0.05) is 18.3 Å². The summed E-state index contributed by atoms with van der Waals surface area (Å²) in [5.41, 5.74) is -0.133. The molecule has 2 bridgehead atoms. The fourth-order valence-corrected chi connectivity index (χ4v) is 5.48. The Morgan fingerprint density at radius 1 is 1.25 bits per heavy atom. The van der Waals surface area contributed by atoms with Crippen LogP contribution in [-0.2, 0) is 4.79 Å². The molecule has 5 N–H and O–H groups in total. The maximum atomic E-state index is 13.6. The van der Waals surface area contributed by atoms with Gasteiger partial charge in [0.05, 0.1) is 30.4 Å². The maximum Gasteiger partial charge on any atom is 0.244 e. The Hall–Kier alpha value is -2.04. The van der Waals surface area contributed by atoms with E-state index in [0.29, 0.717) is 25.2 Å². The van der Waals surface area contributed by atoms with Crippen LogP contribution in [0.5, 0.6) is 0 Å². The molecule has 6 atom stereocenters. The number of nitrogens with zero attached hydrogens (tertiary/aromatic N) is 2. The van der Waals surface area contributed by atoms with Gasteiger partial charge in [-0.3, -0.25) is 25.8 Å². The summed E-state index contributed by atoms with van der Waals surface area (Å²) >= 11 is 0. The second kappa shape index (κ2) is 8.72. The summed E-state index contributed by atoms with van der Waals surface area (Å²) < 4.78 is 13.6. The van der Waals surface area contributed by atoms with Crippen LogP contribution in [0.2, 0.25) is 0 Å². The van der Waals surface area contributed by atoms with Crippen LogP contribution in [0.3, 0.4) is 0 Å². The first-order valence-electron chi connectivity index (χ1n) is 11.7. The van der Waals surface area contributed by atoms with Gasteiger partial charge < -0.3 is 10.4 Å². The number of hydrogen-bond donors (Lipinski definition) is 5. The van der Waals surface area contributed by atoms with Gasteiger partial charge in [-0.15, -0.1) is 0 Å². The van der Waals surface area contributed by atoms with Gasteiger partial charge in [-0.2, -0.15) is 5.01 Å². The molecule has 4 aliphatic rings. The minimum atomic E-state index is -0.801. The molecule has 1 aromatic rings. The number of benzene rings is 1. The van der Waals surface area contributed by atoms with Gasteiger partial charge in [0.1, 0.15) is 12.1 Å². The number of hydrogen-bond acceptors (Lipinski definition) is 7. The monoisotopic (exact) mass is 444 g/mol. The molecule has 0 aromatic heterocycles. The molecule has 8 nitrogen and oxygen atoms in total. The summed E-state index contributed by atoms with van der Waals surface area (Å²) in [5, 5.41) is 28.9. The number of hydrazine groups is 1. The molecule has 4 heterocycles. The van der Waals surface area contributed by atoms with Crippen LogP contribution in [0.15, 0.2) is 36.4 Å². The quantitative estimate of drug-likeness (QED) is 0.439. The van der Waals surface area contributed by atoms with Crippen LogP contribution in [0.1, 0.15) is 39.0 Å². The second-order valence-corrected chi connectivity index (χ2v) is 9.55. The van der Waals surface area contributed by atoms with E-state index in [9.17, 15) is 14.3 Å². The molecule has 5 rings (SSSR count). The van der Waals surface area contributed by atoms with E-state index in [1.54, 1.807) is 6.07 Å². The minimum Gasteiger partial charge on any atom is -0.389 e. The highest BCUT2D eigenvalue weighted by Gasteiger charge is 2.52. The van der Waals surface area contributed by atoms with Crippen molar-refractivity contribution in [2.75, 3.05) is 18.4 Å². The third kappa shape index (κ3) is 4.15. The highest BCUT2D eigenvalue weighted by molar-refractivity contribution is 5.82. The van der Waals surface area contributed by atoms with Crippen molar-refractivity contribution < 1.29 is 14.3 Å².